The molecule has 0 aromatic heterocycles. The van der Waals surface area contributed by atoms with Crippen LogP contribution in [-0.2, 0) is 5.60 Å². The van der Waals surface area contributed by atoms with E-state index in [2.05, 4.69) is 50.8 Å². The number of hydrogen-bond donors (Lipinski definition) is 3. The van der Waals surface area contributed by atoms with Crippen LogP contribution in [0.4, 0.5) is 0 Å². The van der Waals surface area contributed by atoms with Crippen LogP contribution in [0.2, 0.25) is 0 Å². The third kappa shape index (κ3) is 5.82. The molecule has 1 aromatic carbocycles. The van der Waals surface area contributed by atoms with E-state index >= 15 is 0 Å². The first-order valence-electron chi connectivity index (χ1n) is 13.4. The third-order valence-corrected chi connectivity index (χ3v) is 10.3. The van der Waals surface area contributed by atoms with Gasteiger partial charge >= 0.3 is 0 Å². The zero-order valence-corrected chi connectivity index (χ0v) is 22.8. The van der Waals surface area contributed by atoms with Crippen LogP contribution < -0.4 is 0 Å². The Labute approximate surface area is 216 Å². The number of aliphatic hydroxyl groups excluding tert-OH is 2. The van der Waals surface area contributed by atoms with Crippen molar-refractivity contribution in [2.75, 3.05) is 5.75 Å². The molecule has 192 valence electrons. The van der Waals surface area contributed by atoms with E-state index in [1.54, 1.807) is 5.57 Å². The summed E-state index contributed by atoms with van der Waals surface area (Å²) in [5.74, 6) is 3.06. The van der Waals surface area contributed by atoms with Gasteiger partial charge in [-0.3, -0.25) is 0 Å². The van der Waals surface area contributed by atoms with Gasteiger partial charge in [-0.2, -0.15) is 0 Å². The van der Waals surface area contributed by atoms with Gasteiger partial charge in [0.25, 0.3) is 0 Å². The molecule has 3 saturated carbocycles. The fraction of sp³-hybridized carbons (Fsp3) is 0.613. The molecule has 0 heterocycles. The summed E-state index contributed by atoms with van der Waals surface area (Å²) in [4.78, 5) is 1.24. The van der Waals surface area contributed by atoms with E-state index in [0.29, 0.717) is 36.0 Å². The van der Waals surface area contributed by atoms with Gasteiger partial charge in [-0.15, -0.1) is 11.8 Å². The molecular weight excluding hydrogens is 452 g/mol. The molecule has 3 fully saturated rings. The largest absolute Gasteiger partial charge is 0.393 e. The Bertz CT molecular complexity index is 987. The number of benzene rings is 1. The van der Waals surface area contributed by atoms with Crippen LogP contribution >= 0.6 is 11.8 Å². The predicted molar refractivity (Wildman–Crippen MR) is 146 cm³/mol. The maximum absolute atomic E-state index is 10.4. The molecule has 0 bridgehead atoms. The van der Waals surface area contributed by atoms with E-state index in [1.165, 1.54) is 30.6 Å². The Hall–Kier alpha value is -1.33. The van der Waals surface area contributed by atoms with Crippen molar-refractivity contribution in [2.45, 2.75) is 95.3 Å². The average Bonchev–Trinajstić information content (AvgIpc) is 3.16. The van der Waals surface area contributed by atoms with Crippen LogP contribution in [0.5, 0.6) is 0 Å². The van der Waals surface area contributed by atoms with E-state index in [9.17, 15) is 15.3 Å². The summed E-state index contributed by atoms with van der Waals surface area (Å²) in [6, 6.07) is 8.36. The number of rotatable bonds is 6. The molecule has 0 amide bonds. The van der Waals surface area contributed by atoms with Gasteiger partial charge in [-0.05, 0) is 104 Å². The van der Waals surface area contributed by atoms with Crippen LogP contribution in [0.3, 0.4) is 0 Å². The second-order valence-corrected chi connectivity index (χ2v) is 13.1. The van der Waals surface area contributed by atoms with Crippen LogP contribution in [0.15, 0.2) is 64.6 Å². The lowest BCUT2D eigenvalue weighted by molar-refractivity contribution is 0.0783. The van der Waals surface area contributed by atoms with Crippen LogP contribution in [0.25, 0.3) is 0 Å². The van der Waals surface area contributed by atoms with Gasteiger partial charge in [0.1, 0.15) is 0 Å². The normalized spacial score (nSPS) is 34.9. The molecule has 4 rings (SSSR count). The third-order valence-electron chi connectivity index (χ3n) is 9.04. The molecule has 35 heavy (non-hydrogen) atoms. The zero-order chi connectivity index (χ0) is 25.4. The highest BCUT2D eigenvalue weighted by atomic mass is 32.2. The SMILES string of the molecule is C=C1C(=CC=C2CCC[C@]3(C)C([C@@H](C)CSc4cccc(C(C)(C)O)c4)CC[C@@H]23)C[C@@H](O)C[C@@H]1O. The first-order valence-corrected chi connectivity index (χ1v) is 14.4. The van der Waals surface area contributed by atoms with E-state index in [0.717, 1.165) is 28.9 Å². The molecule has 1 aromatic rings. The number of aliphatic hydroxyl groups is 3. The Morgan fingerprint density at radius 2 is 2.00 bits per heavy atom. The summed E-state index contributed by atoms with van der Waals surface area (Å²) in [6.45, 7) is 12.7. The van der Waals surface area contributed by atoms with Crippen molar-refractivity contribution in [2.24, 2.45) is 23.2 Å². The Balaban J connectivity index is 1.45. The second kappa shape index (κ2) is 10.6. The van der Waals surface area contributed by atoms with Gasteiger partial charge < -0.3 is 15.3 Å². The highest BCUT2D eigenvalue weighted by Gasteiger charge is 2.50. The van der Waals surface area contributed by atoms with E-state index in [4.69, 9.17) is 0 Å². The van der Waals surface area contributed by atoms with Crippen molar-refractivity contribution in [3.05, 3.63) is 65.3 Å². The molecule has 3 aliphatic carbocycles. The molecule has 3 N–H and O–H groups in total. The zero-order valence-electron chi connectivity index (χ0n) is 22.0. The van der Waals surface area contributed by atoms with Gasteiger partial charge in [0.15, 0.2) is 0 Å². The van der Waals surface area contributed by atoms with Gasteiger partial charge in [0.2, 0.25) is 0 Å². The Kier molecular flexibility index (Phi) is 8.07. The molecule has 0 saturated heterocycles. The topological polar surface area (TPSA) is 60.7 Å². The van der Waals surface area contributed by atoms with E-state index in [1.807, 2.05) is 31.7 Å². The van der Waals surface area contributed by atoms with Gasteiger partial charge in [0, 0.05) is 17.1 Å². The summed E-state index contributed by atoms with van der Waals surface area (Å²) in [6.07, 6.45) is 10.5. The van der Waals surface area contributed by atoms with E-state index in [-0.39, 0.29) is 0 Å². The summed E-state index contributed by atoms with van der Waals surface area (Å²) in [7, 11) is 0. The number of hydrogen-bond acceptors (Lipinski definition) is 4. The van der Waals surface area contributed by atoms with Crippen LogP contribution in [-0.4, -0.2) is 33.3 Å². The number of thioether (sulfide) groups is 1. The Morgan fingerprint density at radius 3 is 2.74 bits per heavy atom. The van der Waals surface area contributed by atoms with E-state index < -0.39 is 17.8 Å². The van der Waals surface area contributed by atoms with Crippen molar-refractivity contribution in [3.8, 4) is 0 Å². The maximum Gasteiger partial charge on any atom is 0.0840 e. The van der Waals surface area contributed by atoms with Crippen molar-refractivity contribution >= 4 is 11.8 Å². The molecule has 6 atom stereocenters. The quantitative estimate of drug-likeness (QED) is 0.380. The minimum absolute atomic E-state index is 0.333. The highest BCUT2D eigenvalue weighted by molar-refractivity contribution is 7.99. The summed E-state index contributed by atoms with van der Waals surface area (Å²) in [5, 5.41) is 30.7. The number of allylic oxidation sites excluding steroid dienone is 3. The molecule has 0 radical (unpaired) electrons. The van der Waals surface area contributed by atoms with Crippen LogP contribution in [0, 0.1) is 23.2 Å². The highest BCUT2D eigenvalue weighted by Crippen LogP contribution is 2.59. The first-order chi connectivity index (χ1) is 16.5. The van der Waals surface area contributed by atoms with Gasteiger partial charge in [-0.1, -0.05) is 50.3 Å². The summed E-state index contributed by atoms with van der Waals surface area (Å²) in [5.41, 5.74) is 3.82. The van der Waals surface area contributed by atoms with Gasteiger partial charge in [-0.25, -0.2) is 0 Å². The minimum Gasteiger partial charge on any atom is -0.393 e. The summed E-state index contributed by atoms with van der Waals surface area (Å²) >= 11 is 1.92. The standard InChI is InChI=1S/C31H44O3S/c1-20(19-35-26-10-6-9-24(17-26)30(3,4)34)27-13-14-28-22(8-7-15-31(27,28)5)11-12-23-16-25(32)18-29(33)21(23)2/h6,9-12,17,20,25,27-29,32-34H,2,7-8,13-16,18-19H2,1,3-5H3/t20-,25+,27?,28-,29-,31+/m0/s1. The molecule has 4 heteroatoms. The Morgan fingerprint density at radius 1 is 1.23 bits per heavy atom. The van der Waals surface area contributed by atoms with Crippen molar-refractivity contribution in [3.63, 3.8) is 0 Å². The second-order valence-electron chi connectivity index (χ2n) is 12.0. The number of fused-ring (bicyclic) bond motifs is 1. The molecular formula is C31H44O3S. The molecule has 3 nitrogen and oxygen atoms in total. The van der Waals surface area contributed by atoms with Crippen molar-refractivity contribution in [1.82, 2.24) is 0 Å². The molecule has 0 spiro atoms. The predicted octanol–water partition coefficient (Wildman–Crippen LogP) is 6.78. The molecule has 1 unspecified atom stereocenters. The lowest BCUT2D eigenvalue weighted by Crippen LogP contribution is -2.36. The van der Waals surface area contributed by atoms with Crippen molar-refractivity contribution in [1.29, 1.82) is 0 Å². The fourth-order valence-corrected chi connectivity index (χ4v) is 8.06. The lowest BCUT2D eigenvalue weighted by Gasteiger charge is -2.44. The maximum atomic E-state index is 10.4. The lowest BCUT2D eigenvalue weighted by atomic mass is 9.61. The fourth-order valence-electron chi connectivity index (χ4n) is 6.99. The average molecular weight is 497 g/mol. The minimum atomic E-state index is -0.811. The van der Waals surface area contributed by atoms with Crippen molar-refractivity contribution < 1.29 is 15.3 Å². The molecule has 3 aliphatic rings. The molecule has 0 aliphatic heterocycles. The smallest absolute Gasteiger partial charge is 0.0840 e. The van der Waals surface area contributed by atoms with Gasteiger partial charge in [0.05, 0.1) is 17.8 Å². The summed E-state index contributed by atoms with van der Waals surface area (Å²) < 4.78 is 0. The monoisotopic (exact) mass is 496 g/mol. The van der Waals surface area contributed by atoms with Crippen LogP contribution in [0.1, 0.15) is 78.2 Å². The first kappa shape index (κ1) is 26.7.